The van der Waals surface area contributed by atoms with Crippen molar-refractivity contribution in [1.82, 2.24) is 5.32 Å². The lowest BCUT2D eigenvalue weighted by molar-refractivity contribution is 0.0801. The van der Waals surface area contributed by atoms with Crippen LogP contribution in [0.3, 0.4) is 0 Å². The first-order chi connectivity index (χ1) is 9.57. The highest BCUT2D eigenvalue weighted by atomic mass is 16.5. The molecule has 112 valence electrons. The molecule has 0 fully saturated rings. The van der Waals surface area contributed by atoms with Crippen molar-refractivity contribution in [3.63, 3.8) is 0 Å². The van der Waals surface area contributed by atoms with Gasteiger partial charge in [0.2, 0.25) is 5.75 Å². The number of aliphatic hydroxyl groups excluding tert-OH is 2. The minimum absolute atomic E-state index is 0.0496. The van der Waals surface area contributed by atoms with Crippen molar-refractivity contribution >= 4 is 5.91 Å². The molecule has 0 radical (unpaired) electrons. The van der Waals surface area contributed by atoms with Crippen molar-refractivity contribution in [3.05, 3.63) is 17.7 Å². The molecule has 7 heteroatoms. The molecule has 0 aliphatic carbocycles. The third-order valence-corrected chi connectivity index (χ3v) is 2.64. The monoisotopic (exact) mass is 285 g/mol. The van der Waals surface area contributed by atoms with Gasteiger partial charge in [0.1, 0.15) is 0 Å². The van der Waals surface area contributed by atoms with E-state index in [2.05, 4.69) is 5.32 Å². The number of rotatable bonds is 7. The maximum absolute atomic E-state index is 11.9. The number of hydrogen-bond acceptors (Lipinski definition) is 6. The van der Waals surface area contributed by atoms with E-state index in [0.717, 1.165) is 0 Å². The Hall–Kier alpha value is -1.99. The van der Waals surface area contributed by atoms with Gasteiger partial charge in [-0.05, 0) is 12.1 Å². The van der Waals surface area contributed by atoms with E-state index in [9.17, 15) is 9.90 Å². The Balaban J connectivity index is 2.97. The van der Waals surface area contributed by atoms with E-state index in [4.69, 9.17) is 19.3 Å². The van der Waals surface area contributed by atoms with Crippen molar-refractivity contribution in [1.29, 1.82) is 0 Å². The van der Waals surface area contributed by atoms with Crippen LogP contribution in [0.25, 0.3) is 0 Å². The molecule has 1 aromatic rings. The van der Waals surface area contributed by atoms with E-state index in [-0.39, 0.29) is 6.54 Å². The van der Waals surface area contributed by atoms with Crippen LogP contribution in [0, 0.1) is 0 Å². The molecule has 0 unspecified atom stereocenters. The molecule has 7 nitrogen and oxygen atoms in total. The van der Waals surface area contributed by atoms with Crippen molar-refractivity contribution in [2.45, 2.75) is 6.10 Å². The van der Waals surface area contributed by atoms with Crippen LogP contribution in [-0.2, 0) is 0 Å². The Morgan fingerprint density at radius 3 is 2.15 bits per heavy atom. The topological polar surface area (TPSA) is 97.3 Å². The molecule has 0 aliphatic heterocycles. The first-order valence-corrected chi connectivity index (χ1v) is 5.94. The Labute approximate surface area is 117 Å². The van der Waals surface area contributed by atoms with E-state index < -0.39 is 18.6 Å². The van der Waals surface area contributed by atoms with Gasteiger partial charge in [0.25, 0.3) is 5.91 Å². The molecule has 0 aromatic heterocycles. The number of methoxy groups -OCH3 is 3. The molecule has 3 N–H and O–H groups in total. The molecule has 1 atom stereocenters. The van der Waals surface area contributed by atoms with Gasteiger partial charge >= 0.3 is 0 Å². The average Bonchev–Trinajstić information content (AvgIpc) is 2.50. The summed E-state index contributed by atoms with van der Waals surface area (Å²) >= 11 is 0. The molecule has 20 heavy (non-hydrogen) atoms. The second-order valence-electron chi connectivity index (χ2n) is 3.96. The van der Waals surface area contributed by atoms with Gasteiger partial charge in [0.15, 0.2) is 11.5 Å². The van der Waals surface area contributed by atoms with Crippen LogP contribution in [0.4, 0.5) is 0 Å². The Bertz CT molecular complexity index is 437. The fourth-order valence-electron chi connectivity index (χ4n) is 1.59. The molecule has 0 aliphatic rings. The summed E-state index contributed by atoms with van der Waals surface area (Å²) in [5, 5.41) is 20.4. The highest BCUT2D eigenvalue weighted by Crippen LogP contribution is 2.38. The lowest BCUT2D eigenvalue weighted by Gasteiger charge is -2.14. The highest BCUT2D eigenvalue weighted by molar-refractivity contribution is 5.95. The van der Waals surface area contributed by atoms with Crippen LogP contribution >= 0.6 is 0 Å². The van der Waals surface area contributed by atoms with Gasteiger partial charge in [-0.2, -0.15) is 0 Å². The number of amides is 1. The summed E-state index contributed by atoms with van der Waals surface area (Å²) in [6, 6.07) is 3.00. The van der Waals surface area contributed by atoms with Crippen LogP contribution in [0.1, 0.15) is 10.4 Å². The third kappa shape index (κ3) is 3.75. The van der Waals surface area contributed by atoms with E-state index in [1.807, 2.05) is 0 Å². The fourth-order valence-corrected chi connectivity index (χ4v) is 1.59. The molecule has 0 bridgehead atoms. The summed E-state index contributed by atoms with van der Waals surface area (Å²) < 4.78 is 15.4. The smallest absolute Gasteiger partial charge is 0.251 e. The fraction of sp³-hybridized carbons (Fsp3) is 0.462. The number of benzene rings is 1. The number of carbonyl (C=O) groups is 1. The minimum atomic E-state index is -0.999. The van der Waals surface area contributed by atoms with Gasteiger partial charge in [-0.3, -0.25) is 4.79 Å². The van der Waals surface area contributed by atoms with Crippen molar-refractivity contribution in [2.24, 2.45) is 0 Å². The van der Waals surface area contributed by atoms with Crippen molar-refractivity contribution in [2.75, 3.05) is 34.5 Å². The van der Waals surface area contributed by atoms with Gasteiger partial charge in [-0.1, -0.05) is 0 Å². The van der Waals surface area contributed by atoms with E-state index in [0.29, 0.717) is 22.8 Å². The third-order valence-electron chi connectivity index (χ3n) is 2.64. The van der Waals surface area contributed by atoms with Crippen molar-refractivity contribution in [3.8, 4) is 17.2 Å². The van der Waals surface area contributed by atoms with E-state index in [1.165, 1.54) is 33.5 Å². The zero-order valence-electron chi connectivity index (χ0n) is 11.7. The first-order valence-electron chi connectivity index (χ1n) is 5.94. The van der Waals surface area contributed by atoms with Crippen LogP contribution in [0.15, 0.2) is 12.1 Å². The summed E-state index contributed by atoms with van der Waals surface area (Å²) in [6.45, 7) is -0.471. The predicted molar refractivity (Wildman–Crippen MR) is 71.5 cm³/mol. The summed E-state index contributed by atoms with van der Waals surface area (Å²) in [5.74, 6) is 0.693. The molecular formula is C13H19NO6. The first kappa shape index (κ1) is 16.1. The Morgan fingerprint density at radius 1 is 1.20 bits per heavy atom. The molecule has 0 spiro atoms. The second kappa shape index (κ2) is 7.56. The van der Waals surface area contributed by atoms with Gasteiger partial charge in [0, 0.05) is 12.1 Å². The van der Waals surface area contributed by atoms with Gasteiger partial charge in [0.05, 0.1) is 34.0 Å². The standard InChI is InChI=1S/C13H19NO6/c1-18-10-4-8(5-11(19-2)12(10)20-3)13(17)14-6-9(16)7-15/h4-5,9,15-16H,6-7H2,1-3H3,(H,14,17)/t9-/m0/s1. The van der Waals surface area contributed by atoms with Crippen molar-refractivity contribution < 1.29 is 29.2 Å². The Kier molecular flexibility index (Phi) is 6.08. The number of ether oxygens (including phenoxy) is 3. The summed E-state index contributed by atoms with van der Waals surface area (Å²) in [4.78, 5) is 11.9. The lowest BCUT2D eigenvalue weighted by atomic mass is 10.1. The quantitative estimate of drug-likeness (QED) is 0.641. The van der Waals surface area contributed by atoms with Crippen LogP contribution in [-0.4, -0.2) is 56.7 Å². The van der Waals surface area contributed by atoms with Crippen LogP contribution in [0.5, 0.6) is 17.2 Å². The number of hydrogen-bond donors (Lipinski definition) is 3. The SMILES string of the molecule is COc1cc(C(=O)NC[C@H](O)CO)cc(OC)c1OC. The average molecular weight is 285 g/mol. The predicted octanol–water partition coefficient (Wildman–Crippen LogP) is -0.205. The van der Waals surface area contributed by atoms with Crippen LogP contribution < -0.4 is 19.5 Å². The summed E-state index contributed by atoms with van der Waals surface area (Å²) in [7, 11) is 4.38. The molecule has 0 saturated heterocycles. The Morgan fingerprint density at radius 2 is 1.75 bits per heavy atom. The maximum Gasteiger partial charge on any atom is 0.251 e. The molecule has 0 saturated carbocycles. The van der Waals surface area contributed by atoms with E-state index >= 15 is 0 Å². The zero-order valence-corrected chi connectivity index (χ0v) is 11.7. The summed E-state index contributed by atoms with van der Waals surface area (Å²) in [6.07, 6.45) is -0.999. The lowest BCUT2D eigenvalue weighted by Crippen LogP contribution is -2.33. The highest BCUT2D eigenvalue weighted by Gasteiger charge is 2.17. The molecule has 1 rings (SSSR count). The summed E-state index contributed by atoms with van der Waals surface area (Å²) in [5.41, 5.74) is 0.296. The second-order valence-corrected chi connectivity index (χ2v) is 3.96. The molecule has 1 amide bonds. The molecule has 0 heterocycles. The number of nitrogens with one attached hydrogen (secondary N) is 1. The normalized spacial score (nSPS) is 11.7. The zero-order chi connectivity index (χ0) is 15.1. The largest absolute Gasteiger partial charge is 0.493 e. The van der Waals surface area contributed by atoms with Gasteiger partial charge < -0.3 is 29.7 Å². The minimum Gasteiger partial charge on any atom is -0.493 e. The molecule has 1 aromatic carbocycles. The van der Waals surface area contributed by atoms with Gasteiger partial charge in [-0.25, -0.2) is 0 Å². The number of carbonyl (C=O) groups excluding carboxylic acids is 1. The van der Waals surface area contributed by atoms with E-state index in [1.54, 1.807) is 0 Å². The molecular weight excluding hydrogens is 266 g/mol. The number of aliphatic hydroxyl groups is 2. The van der Waals surface area contributed by atoms with Gasteiger partial charge in [-0.15, -0.1) is 0 Å². The maximum atomic E-state index is 11.9. The van der Waals surface area contributed by atoms with Crippen LogP contribution in [0.2, 0.25) is 0 Å².